The zero-order valence-electron chi connectivity index (χ0n) is 21.0. The highest BCUT2D eigenvalue weighted by Crippen LogP contribution is 2.31. The Morgan fingerprint density at radius 1 is 0.923 bits per heavy atom. The van der Waals surface area contributed by atoms with Crippen molar-refractivity contribution >= 4 is 35.4 Å². The monoisotopic (exact) mass is 525 g/mol. The van der Waals surface area contributed by atoms with Gasteiger partial charge in [-0.05, 0) is 71.5 Å². The summed E-state index contributed by atoms with van der Waals surface area (Å²) in [6, 6.07) is 20.1. The Balaban J connectivity index is 1.25. The number of hydroxylamine groups is 1. The third kappa shape index (κ3) is 6.78. The van der Waals surface area contributed by atoms with Gasteiger partial charge in [0.25, 0.3) is 17.7 Å². The van der Waals surface area contributed by atoms with Gasteiger partial charge in [0.1, 0.15) is 6.61 Å². The number of carbonyl (C=O) groups is 3. The number of carbonyl (C=O) groups excluding carboxylic acids is 3. The number of rotatable bonds is 9. The first kappa shape index (κ1) is 25.9. The van der Waals surface area contributed by atoms with Crippen LogP contribution in [-0.4, -0.2) is 29.0 Å². The molecule has 0 spiro atoms. The Morgan fingerprint density at radius 2 is 1.64 bits per heavy atom. The fourth-order valence-corrected chi connectivity index (χ4v) is 4.01. The molecule has 3 amide bonds. The Bertz CT molecular complexity index is 1440. The zero-order valence-corrected chi connectivity index (χ0v) is 21.0. The molecule has 1 saturated carbocycles. The van der Waals surface area contributed by atoms with Crippen molar-refractivity contribution in [1.29, 1.82) is 0 Å². The number of amides is 3. The number of hydrogen-bond acceptors (Lipinski definition) is 6. The van der Waals surface area contributed by atoms with E-state index in [9.17, 15) is 14.4 Å². The molecule has 0 bridgehead atoms. The van der Waals surface area contributed by atoms with E-state index in [0.717, 1.165) is 40.7 Å². The molecule has 0 saturated heterocycles. The number of hydrogen-bond donors (Lipinski definition) is 4. The van der Waals surface area contributed by atoms with Crippen LogP contribution in [0.15, 0.2) is 72.8 Å². The Labute approximate surface area is 225 Å². The van der Waals surface area contributed by atoms with Crippen LogP contribution in [0.4, 0.5) is 0 Å². The van der Waals surface area contributed by atoms with Crippen molar-refractivity contribution in [2.24, 2.45) is 0 Å². The number of fused-ring (bicyclic) bond motifs is 1. The molecule has 5 rings (SSSR count). The smallest absolute Gasteiger partial charge is 0.267 e. The average Bonchev–Trinajstić information content (AvgIpc) is 3.66. The fourth-order valence-electron chi connectivity index (χ4n) is 4.01. The second-order valence-corrected chi connectivity index (χ2v) is 9.33. The van der Waals surface area contributed by atoms with Crippen LogP contribution < -0.4 is 21.0 Å². The SMILES string of the molecule is O=C(C=Cc1ccc(CNC(=O)c2ccc(C=C(C(=O)NC3CC3)c3ccc4c(c3)COO4)cc2)cc1)NO. The summed E-state index contributed by atoms with van der Waals surface area (Å²) >= 11 is 0. The molecule has 39 heavy (non-hydrogen) atoms. The summed E-state index contributed by atoms with van der Waals surface area (Å²) in [5.41, 5.74) is 6.67. The molecule has 9 nitrogen and oxygen atoms in total. The molecule has 0 aromatic heterocycles. The molecule has 3 aromatic rings. The minimum absolute atomic E-state index is 0.141. The maximum Gasteiger partial charge on any atom is 0.267 e. The molecule has 0 unspecified atom stereocenters. The van der Waals surface area contributed by atoms with E-state index in [-0.39, 0.29) is 17.9 Å². The summed E-state index contributed by atoms with van der Waals surface area (Å²) in [5.74, 6) is -0.327. The van der Waals surface area contributed by atoms with Crippen LogP contribution in [0, 0.1) is 0 Å². The summed E-state index contributed by atoms with van der Waals surface area (Å²) < 4.78 is 0. The standard InChI is InChI=1S/C30H27N3O6/c34-28(33-37)14-7-19-1-3-21(4-2-19)17-31-29(35)22-8-5-20(6-9-22)15-26(30(36)32-25-11-12-25)23-10-13-27-24(16-23)18-38-39-27/h1-10,13-16,25,37H,11-12,17-18H2,(H,31,35)(H,32,36)(H,33,34). The summed E-state index contributed by atoms with van der Waals surface area (Å²) in [6.45, 7) is 0.661. The third-order valence-electron chi connectivity index (χ3n) is 6.35. The number of nitrogens with one attached hydrogen (secondary N) is 3. The van der Waals surface area contributed by atoms with E-state index in [2.05, 4.69) is 10.6 Å². The molecule has 9 heteroatoms. The highest BCUT2D eigenvalue weighted by atomic mass is 17.2. The molecule has 3 aromatic carbocycles. The van der Waals surface area contributed by atoms with E-state index in [1.807, 2.05) is 54.6 Å². The van der Waals surface area contributed by atoms with Crippen LogP contribution in [0.1, 0.15) is 51.0 Å². The predicted octanol–water partition coefficient (Wildman–Crippen LogP) is 3.78. The molecular weight excluding hydrogens is 498 g/mol. The third-order valence-corrected chi connectivity index (χ3v) is 6.35. The van der Waals surface area contributed by atoms with Gasteiger partial charge in [-0.1, -0.05) is 42.5 Å². The van der Waals surface area contributed by atoms with Gasteiger partial charge in [0.15, 0.2) is 5.75 Å². The number of benzene rings is 3. The van der Waals surface area contributed by atoms with E-state index < -0.39 is 5.91 Å². The van der Waals surface area contributed by atoms with Crippen LogP contribution in [0.25, 0.3) is 17.7 Å². The van der Waals surface area contributed by atoms with Crippen LogP contribution in [0.5, 0.6) is 5.75 Å². The zero-order chi connectivity index (χ0) is 27.2. The first-order valence-electron chi connectivity index (χ1n) is 12.5. The summed E-state index contributed by atoms with van der Waals surface area (Å²) in [4.78, 5) is 47.0. The highest BCUT2D eigenvalue weighted by Gasteiger charge is 2.26. The highest BCUT2D eigenvalue weighted by molar-refractivity contribution is 6.24. The van der Waals surface area contributed by atoms with Crippen LogP contribution >= 0.6 is 0 Å². The molecule has 1 aliphatic carbocycles. The second-order valence-electron chi connectivity index (χ2n) is 9.33. The molecule has 1 heterocycles. The Hall–Kier alpha value is -4.73. The predicted molar refractivity (Wildman–Crippen MR) is 144 cm³/mol. The summed E-state index contributed by atoms with van der Waals surface area (Å²) in [5, 5.41) is 14.5. The van der Waals surface area contributed by atoms with Crippen LogP contribution in [0.2, 0.25) is 0 Å². The minimum Gasteiger partial charge on any atom is -0.349 e. The first-order chi connectivity index (χ1) is 19.0. The van der Waals surface area contributed by atoms with Crippen molar-refractivity contribution in [1.82, 2.24) is 16.1 Å². The Kier molecular flexibility index (Phi) is 7.81. The van der Waals surface area contributed by atoms with Gasteiger partial charge < -0.3 is 15.5 Å². The van der Waals surface area contributed by atoms with Crippen LogP contribution in [0.3, 0.4) is 0 Å². The van der Waals surface area contributed by atoms with E-state index in [0.29, 0.717) is 30.0 Å². The Morgan fingerprint density at radius 3 is 2.36 bits per heavy atom. The van der Waals surface area contributed by atoms with Gasteiger partial charge in [-0.3, -0.25) is 19.6 Å². The van der Waals surface area contributed by atoms with Crippen molar-refractivity contribution in [2.75, 3.05) is 0 Å². The van der Waals surface area contributed by atoms with E-state index >= 15 is 0 Å². The lowest BCUT2D eigenvalue weighted by Crippen LogP contribution is -2.26. The molecule has 0 radical (unpaired) electrons. The summed E-state index contributed by atoms with van der Waals surface area (Å²) in [7, 11) is 0. The van der Waals surface area contributed by atoms with Gasteiger partial charge >= 0.3 is 0 Å². The van der Waals surface area contributed by atoms with Gasteiger partial charge in [-0.2, -0.15) is 4.89 Å². The molecule has 2 aliphatic rings. The lowest BCUT2D eigenvalue weighted by Gasteiger charge is -2.10. The van der Waals surface area contributed by atoms with Gasteiger partial charge in [0.05, 0.1) is 0 Å². The molecule has 4 N–H and O–H groups in total. The maximum atomic E-state index is 13.1. The van der Waals surface area contributed by atoms with Crippen molar-refractivity contribution in [3.8, 4) is 5.75 Å². The van der Waals surface area contributed by atoms with Crippen LogP contribution in [-0.2, 0) is 27.6 Å². The van der Waals surface area contributed by atoms with Gasteiger partial charge in [-0.25, -0.2) is 5.48 Å². The average molecular weight is 526 g/mol. The van der Waals surface area contributed by atoms with E-state index in [1.54, 1.807) is 24.3 Å². The lowest BCUT2D eigenvalue weighted by molar-refractivity contribution is -0.194. The van der Waals surface area contributed by atoms with Gasteiger partial charge in [0.2, 0.25) is 0 Å². The normalized spacial score (nSPS) is 14.4. The van der Waals surface area contributed by atoms with E-state index in [4.69, 9.17) is 15.0 Å². The van der Waals surface area contributed by atoms with Gasteiger partial charge in [-0.15, -0.1) is 0 Å². The van der Waals surface area contributed by atoms with Crippen molar-refractivity contribution in [3.05, 3.63) is 106 Å². The minimum atomic E-state index is -0.612. The molecule has 198 valence electrons. The van der Waals surface area contributed by atoms with E-state index in [1.165, 1.54) is 11.6 Å². The van der Waals surface area contributed by atoms with Crippen molar-refractivity contribution < 1.29 is 29.4 Å². The first-order valence-corrected chi connectivity index (χ1v) is 12.5. The van der Waals surface area contributed by atoms with Crippen molar-refractivity contribution in [2.45, 2.75) is 32.0 Å². The topological polar surface area (TPSA) is 126 Å². The lowest BCUT2D eigenvalue weighted by atomic mass is 9.99. The molecule has 1 fully saturated rings. The summed E-state index contributed by atoms with van der Waals surface area (Å²) in [6.07, 6.45) is 6.57. The van der Waals surface area contributed by atoms with Gasteiger partial charge in [0, 0.05) is 35.4 Å². The van der Waals surface area contributed by atoms with Crippen molar-refractivity contribution in [3.63, 3.8) is 0 Å². The fraction of sp³-hybridized carbons (Fsp3) is 0.167. The molecule has 1 aliphatic heterocycles. The largest absolute Gasteiger partial charge is 0.349 e. The quantitative estimate of drug-likeness (QED) is 0.111. The molecule has 0 atom stereocenters. The molecular formula is C30H27N3O6. The maximum absolute atomic E-state index is 13.1. The second kappa shape index (κ2) is 11.8.